The predicted molar refractivity (Wildman–Crippen MR) is 83.0 cm³/mol. The lowest BCUT2D eigenvalue weighted by atomic mass is 9.73. The Morgan fingerprint density at radius 3 is 2.43 bits per heavy atom. The van der Waals surface area contributed by atoms with Gasteiger partial charge in [0.15, 0.2) is 0 Å². The number of methoxy groups -OCH3 is 1. The number of rotatable bonds is 4. The van der Waals surface area contributed by atoms with E-state index in [0.717, 1.165) is 12.8 Å². The minimum Gasteiger partial charge on any atom is -0.468 e. The van der Waals surface area contributed by atoms with Crippen LogP contribution < -0.4 is 0 Å². The summed E-state index contributed by atoms with van der Waals surface area (Å²) < 4.78 is 18.6. The smallest absolute Gasteiger partial charge is 0.407 e. The van der Waals surface area contributed by atoms with E-state index in [1.54, 1.807) is 0 Å². The first-order valence-corrected chi connectivity index (χ1v) is 8.18. The largest absolute Gasteiger partial charge is 0.468 e. The van der Waals surface area contributed by atoms with Crippen molar-refractivity contribution in [3.63, 3.8) is 0 Å². The monoisotopic (exact) mass is 330 g/mol. The van der Waals surface area contributed by atoms with E-state index < -0.39 is 18.3 Å². The maximum atomic E-state index is 13.8. The Morgan fingerprint density at radius 2 is 1.91 bits per heavy atom. The number of likely N-dealkylation sites (tertiary alicyclic amines) is 2. The third-order valence-corrected chi connectivity index (χ3v) is 5.31. The maximum Gasteiger partial charge on any atom is 0.407 e. The number of esters is 1. The van der Waals surface area contributed by atoms with Gasteiger partial charge in [0.25, 0.3) is 0 Å². The summed E-state index contributed by atoms with van der Waals surface area (Å²) >= 11 is 0. The summed E-state index contributed by atoms with van der Waals surface area (Å²) in [4.78, 5) is 26.2. The first-order valence-electron chi connectivity index (χ1n) is 8.18. The molecule has 0 unspecified atom stereocenters. The Hall–Kier alpha value is -1.37. The minimum absolute atomic E-state index is 0.110. The number of carbonyl (C=O) groups excluding carboxylic acids is 1. The third kappa shape index (κ3) is 4.13. The van der Waals surface area contributed by atoms with E-state index in [4.69, 9.17) is 9.84 Å². The van der Waals surface area contributed by atoms with Crippen LogP contribution >= 0.6 is 0 Å². The van der Waals surface area contributed by atoms with Crippen molar-refractivity contribution in [1.82, 2.24) is 9.80 Å². The first kappa shape index (κ1) is 18.0. The number of alkyl halides is 1. The molecule has 0 saturated carbocycles. The molecule has 1 N–H and O–H groups in total. The first-order chi connectivity index (χ1) is 10.7. The van der Waals surface area contributed by atoms with Gasteiger partial charge in [0, 0.05) is 32.6 Å². The molecule has 0 aromatic rings. The number of ether oxygens (including phenoxy) is 1. The van der Waals surface area contributed by atoms with Crippen molar-refractivity contribution in [2.45, 2.75) is 45.3 Å². The molecule has 23 heavy (non-hydrogen) atoms. The summed E-state index contributed by atoms with van der Waals surface area (Å²) in [7, 11) is 1.33. The molecule has 0 aliphatic carbocycles. The van der Waals surface area contributed by atoms with Crippen LogP contribution in [0.15, 0.2) is 0 Å². The highest BCUT2D eigenvalue weighted by Crippen LogP contribution is 2.37. The lowest BCUT2D eigenvalue weighted by molar-refractivity contribution is -0.146. The van der Waals surface area contributed by atoms with Crippen molar-refractivity contribution < 1.29 is 23.8 Å². The molecule has 0 bridgehead atoms. The lowest BCUT2D eigenvalue weighted by Crippen LogP contribution is -2.47. The zero-order valence-corrected chi connectivity index (χ0v) is 14.1. The lowest BCUT2D eigenvalue weighted by Gasteiger charge is -2.42. The SMILES string of the molecule is COC(=O)[C@H]1C[C@@H](F)CN1CC(C)(C)C1CCN(C(=O)O)CC1. The van der Waals surface area contributed by atoms with Gasteiger partial charge in [0.1, 0.15) is 12.2 Å². The van der Waals surface area contributed by atoms with Crippen molar-refractivity contribution in [3.8, 4) is 0 Å². The summed E-state index contributed by atoms with van der Waals surface area (Å²) in [6, 6.07) is -0.506. The molecule has 0 aromatic heterocycles. The van der Waals surface area contributed by atoms with Crippen LogP contribution in [-0.2, 0) is 9.53 Å². The van der Waals surface area contributed by atoms with Crippen LogP contribution in [0.25, 0.3) is 0 Å². The van der Waals surface area contributed by atoms with E-state index in [0.29, 0.717) is 25.6 Å². The van der Waals surface area contributed by atoms with Crippen molar-refractivity contribution in [2.75, 3.05) is 33.3 Å². The fourth-order valence-corrected chi connectivity index (χ4v) is 3.91. The molecular formula is C16H27FN2O4. The van der Waals surface area contributed by atoms with Gasteiger partial charge in [0.05, 0.1) is 7.11 Å². The van der Waals surface area contributed by atoms with Crippen LogP contribution in [0, 0.1) is 11.3 Å². The number of carbonyl (C=O) groups is 2. The molecule has 0 spiro atoms. The van der Waals surface area contributed by atoms with Crippen LogP contribution in [0.2, 0.25) is 0 Å². The van der Waals surface area contributed by atoms with E-state index >= 15 is 0 Å². The van der Waals surface area contributed by atoms with Gasteiger partial charge in [-0.2, -0.15) is 0 Å². The van der Waals surface area contributed by atoms with Crippen molar-refractivity contribution in [3.05, 3.63) is 0 Å². The molecule has 0 radical (unpaired) electrons. The van der Waals surface area contributed by atoms with Crippen LogP contribution in [-0.4, -0.2) is 72.5 Å². The zero-order valence-electron chi connectivity index (χ0n) is 14.1. The van der Waals surface area contributed by atoms with Crippen LogP contribution in [0.3, 0.4) is 0 Å². The number of amides is 1. The molecule has 2 rings (SSSR count). The Bertz CT molecular complexity index is 449. The van der Waals surface area contributed by atoms with Gasteiger partial charge in [-0.3, -0.25) is 9.69 Å². The molecule has 2 atom stereocenters. The number of hydrogen-bond donors (Lipinski definition) is 1. The standard InChI is InChI=1S/C16H27FN2O4/c1-16(2,11-4-6-18(7-5-11)15(21)22)10-19-9-12(17)8-13(19)14(20)23-3/h11-13H,4-10H2,1-3H3,(H,21,22)/t12-,13-/m1/s1. The second-order valence-corrected chi connectivity index (χ2v) is 7.33. The summed E-state index contributed by atoms with van der Waals surface area (Å²) in [5.74, 6) is -0.0169. The second-order valence-electron chi connectivity index (χ2n) is 7.33. The summed E-state index contributed by atoms with van der Waals surface area (Å²) in [5, 5.41) is 9.03. The Balaban J connectivity index is 1.97. The van der Waals surface area contributed by atoms with E-state index in [9.17, 15) is 14.0 Å². The van der Waals surface area contributed by atoms with E-state index in [2.05, 4.69) is 13.8 Å². The van der Waals surface area contributed by atoms with Gasteiger partial charge in [-0.1, -0.05) is 13.8 Å². The van der Waals surface area contributed by atoms with Crippen LogP contribution in [0.4, 0.5) is 9.18 Å². The molecule has 132 valence electrons. The highest BCUT2D eigenvalue weighted by molar-refractivity contribution is 5.76. The quantitative estimate of drug-likeness (QED) is 0.798. The highest BCUT2D eigenvalue weighted by Gasteiger charge is 2.42. The molecule has 1 amide bonds. The number of halogens is 1. The average molecular weight is 330 g/mol. The molecule has 2 heterocycles. The third-order valence-electron chi connectivity index (χ3n) is 5.31. The molecule has 2 fully saturated rings. The number of nitrogens with zero attached hydrogens (tertiary/aromatic N) is 2. The van der Waals surface area contributed by atoms with Gasteiger partial charge in [-0.25, -0.2) is 9.18 Å². The normalized spacial score (nSPS) is 27.2. The molecule has 2 aliphatic rings. The zero-order chi connectivity index (χ0) is 17.2. The Morgan fingerprint density at radius 1 is 1.30 bits per heavy atom. The molecule has 0 aromatic carbocycles. The number of hydrogen-bond acceptors (Lipinski definition) is 4. The highest BCUT2D eigenvalue weighted by atomic mass is 19.1. The molecule has 7 heteroatoms. The maximum absolute atomic E-state index is 13.8. The number of carboxylic acid groups (broad SMARTS) is 1. The predicted octanol–water partition coefficient (Wildman–Crippen LogP) is 1.99. The fraction of sp³-hybridized carbons (Fsp3) is 0.875. The molecular weight excluding hydrogens is 303 g/mol. The topological polar surface area (TPSA) is 70.1 Å². The van der Waals surface area contributed by atoms with Gasteiger partial charge in [-0.05, 0) is 24.2 Å². The minimum atomic E-state index is -0.997. The van der Waals surface area contributed by atoms with E-state index in [1.165, 1.54) is 12.0 Å². The number of piperidine rings is 1. The Labute approximate surface area is 136 Å². The van der Waals surface area contributed by atoms with Crippen LogP contribution in [0.5, 0.6) is 0 Å². The fourth-order valence-electron chi connectivity index (χ4n) is 3.91. The average Bonchev–Trinajstić information content (AvgIpc) is 2.86. The van der Waals surface area contributed by atoms with E-state index in [1.807, 2.05) is 4.90 Å². The van der Waals surface area contributed by atoms with Gasteiger partial charge in [0.2, 0.25) is 0 Å². The van der Waals surface area contributed by atoms with Crippen LogP contribution in [0.1, 0.15) is 33.1 Å². The van der Waals surface area contributed by atoms with Gasteiger partial charge in [-0.15, -0.1) is 0 Å². The van der Waals surface area contributed by atoms with Crippen molar-refractivity contribution >= 4 is 12.1 Å². The van der Waals surface area contributed by atoms with Crippen molar-refractivity contribution in [1.29, 1.82) is 0 Å². The molecule has 6 nitrogen and oxygen atoms in total. The van der Waals surface area contributed by atoms with Gasteiger partial charge < -0.3 is 14.7 Å². The summed E-state index contributed by atoms with van der Waals surface area (Å²) in [6.45, 7) is 6.19. The molecule has 2 saturated heterocycles. The van der Waals surface area contributed by atoms with Gasteiger partial charge >= 0.3 is 12.1 Å². The van der Waals surface area contributed by atoms with Crippen molar-refractivity contribution in [2.24, 2.45) is 11.3 Å². The Kier molecular flexibility index (Phi) is 5.49. The summed E-state index contributed by atoms with van der Waals surface area (Å²) in [6.07, 6.45) is -0.0692. The second kappa shape index (κ2) is 7.03. The molecule has 2 aliphatic heterocycles. The summed E-state index contributed by atoms with van der Waals surface area (Å²) in [5.41, 5.74) is -0.110. The van der Waals surface area contributed by atoms with E-state index in [-0.39, 0.29) is 24.3 Å².